The highest BCUT2D eigenvalue weighted by Gasteiger charge is 2.16. The number of nitrogens with one attached hydrogen (secondary N) is 1. The van der Waals surface area contributed by atoms with Crippen LogP contribution in [-0.2, 0) is 17.9 Å². The van der Waals surface area contributed by atoms with Crippen LogP contribution in [-0.4, -0.2) is 23.6 Å². The molecule has 0 spiro atoms. The summed E-state index contributed by atoms with van der Waals surface area (Å²) in [6.45, 7) is 6.41. The van der Waals surface area contributed by atoms with Crippen molar-refractivity contribution < 1.29 is 13.9 Å². The van der Waals surface area contributed by atoms with Crippen molar-refractivity contribution >= 4 is 5.91 Å². The highest BCUT2D eigenvalue weighted by molar-refractivity contribution is 5.95. The van der Waals surface area contributed by atoms with Crippen LogP contribution in [0.3, 0.4) is 0 Å². The highest BCUT2D eigenvalue weighted by Crippen LogP contribution is 2.17. The van der Waals surface area contributed by atoms with Gasteiger partial charge < -0.3 is 19.0 Å². The minimum Gasteiger partial charge on any atom is -0.467 e. The summed E-state index contributed by atoms with van der Waals surface area (Å²) >= 11 is 0. The van der Waals surface area contributed by atoms with E-state index in [1.54, 1.807) is 6.26 Å². The highest BCUT2D eigenvalue weighted by atomic mass is 16.5. The van der Waals surface area contributed by atoms with Gasteiger partial charge in [0, 0.05) is 24.5 Å². The third-order valence-corrected chi connectivity index (χ3v) is 4.57. The van der Waals surface area contributed by atoms with E-state index in [2.05, 4.69) is 9.88 Å². The Labute approximate surface area is 160 Å². The number of rotatable bonds is 9. The van der Waals surface area contributed by atoms with Gasteiger partial charge in [-0.05, 0) is 44.0 Å². The van der Waals surface area contributed by atoms with Crippen LogP contribution in [0.1, 0.15) is 39.5 Å². The second-order valence-electron chi connectivity index (χ2n) is 6.60. The Morgan fingerprint density at radius 2 is 1.96 bits per heavy atom. The molecule has 0 bridgehead atoms. The molecule has 0 aliphatic rings. The van der Waals surface area contributed by atoms with Crippen molar-refractivity contribution in [3.63, 3.8) is 0 Å². The number of amides is 1. The minimum absolute atomic E-state index is 0.0446. The topological polar surface area (TPSA) is 56.4 Å². The number of carbonyl (C=O) groups is 1. The molecule has 0 saturated carbocycles. The molecule has 0 saturated heterocycles. The largest absolute Gasteiger partial charge is 0.467 e. The van der Waals surface area contributed by atoms with Crippen LogP contribution in [0.25, 0.3) is 0 Å². The van der Waals surface area contributed by atoms with E-state index in [-0.39, 0.29) is 5.91 Å². The molecule has 5 nitrogen and oxygen atoms in total. The van der Waals surface area contributed by atoms with E-state index in [1.165, 1.54) is 0 Å². The third kappa shape index (κ3) is 5.11. The Hall–Kier alpha value is -2.79. The van der Waals surface area contributed by atoms with Crippen molar-refractivity contribution in [3.05, 3.63) is 83.1 Å². The molecule has 0 fully saturated rings. The van der Waals surface area contributed by atoms with E-state index in [0.717, 1.165) is 29.1 Å². The predicted octanol–water partition coefficient (Wildman–Crippen LogP) is 4.08. The summed E-state index contributed by atoms with van der Waals surface area (Å²) < 4.78 is 13.2. The van der Waals surface area contributed by atoms with E-state index in [0.29, 0.717) is 31.9 Å². The Morgan fingerprint density at radius 1 is 1.15 bits per heavy atom. The van der Waals surface area contributed by atoms with Gasteiger partial charge in [-0.25, -0.2) is 0 Å². The number of hydrogen-bond donors (Lipinski definition) is 1. The summed E-state index contributed by atoms with van der Waals surface area (Å²) in [7, 11) is 0. The first-order chi connectivity index (χ1) is 13.1. The number of hydrogen-bond acceptors (Lipinski definition) is 3. The van der Waals surface area contributed by atoms with Crippen LogP contribution >= 0.6 is 0 Å². The zero-order valence-corrected chi connectivity index (χ0v) is 15.9. The number of ether oxygens (including phenoxy) is 1. The maximum Gasteiger partial charge on any atom is 0.253 e. The first-order valence-electron chi connectivity index (χ1n) is 9.24. The fraction of sp³-hybridized carbons (Fsp3) is 0.318. The van der Waals surface area contributed by atoms with Gasteiger partial charge in [-0.3, -0.25) is 4.79 Å². The average Bonchev–Trinajstić information content (AvgIpc) is 3.29. The second-order valence-corrected chi connectivity index (χ2v) is 6.60. The lowest BCUT2D eigenvalue weighted by molar-refractivity contribution is 0.0934. The van der Waals surface area contributed by atoms with E-state index in [9.17, 15) is 4.79 Å². The van der Waals surface area contributed by atoms with Gasteiger partial charge in [0.2, 0.25) is 0 Å². The van der Waals surface area contributed by atoms with Gasteiger partial charge in [-0.1, -0.05) is 30.3 Å². The Bertz CT molecular complexity index is 851. The fourth-order valence-corrected chi connectivity index (χ4v) is 3.07. The first kappa shape index (κ1) is 19.0. The Balaban J connectivity index is 1.44. The average molecular weight is 366 g/mol. The van der Waals surface area contributed by atoms with E-state index >= 15 is 0 Å². The van der Waals surface area contributed by atoms with Crippen molar-refractivity contribution in [2.24, 2.45) is 0 Å². The fourth-order valence-electron chi connectivity index (χ4n) is 3.07. The second kappa shape index (κ2) is 9.24. The predicted molar refractivity (Wildman–Crippen MR) is 105 cm³/mol. The van der Waals surface area contributed by atoms with Gasteiger partial charge in [0.05, 0.1) is 25.0 Å². The molecule has 5 heteroatoms. The molecule has 0 radical (unpaired) electrons. The van der Waals surface area contributed by atoms with Crippen molar-refractivity contribution in [2.45, 2.75) is 33.4 Å². The molecular weight excluding hydrogens is 340 g/mol. The quantitative estimate of drug-likeness (QED) is 0.581. The monoisotopic (exact) mass is 366 g/mol. The lowest BCUT2D eigenvalue weighted by Crippen LogP contribution is -2.25. The molecule has 1 amide bonds. The molecule has 1 N–H and O–H groups in total. The van der Waals surface area contributed by atoms with E-state index in [1.807, 2.05) is 62.4 Å². The van der Waals surface area contributed by atoms with Crippen LogP contribution in [0.5, 0.6) is 0 Å². The van der Waals surface area contributed by atoms with Crippen molar-refractivity contribution in [2.75, 3.05) is 13.2 Å². The van der Waals surface area contributed by atoms with Gasteiger partial charge in [0.1, 0.15) is 5.76 Å². The smallest absolute Gasteiger partial charge is 0.253 e. The molecule has 0 unspecified atom stereocenters. The SMILES string of the molecule is Cc1cc(C(=O)NCCCOCc2ccccc2)c(C)n1Cc1ccco1. The van der Waals surface area contributed by atoms with Crippen LogP contribution in [0.2, 0.25) is 0 Å². The lowest BCUT2D eigenvalue weighted by Gasteiger charge is -2.09. The maximum atomic E-state index is 12.5. The van der Waals surface area contributed by atoms with E-state index in [4.69, 9.17) is 9.15 Å². The molecular formula is C22H26N2O3. The van der Waals surface area contributed by atoms with Gasteiger partial charge in [-0.2, -0.15) is 0 Å². The Morgan fingerprint density at radius 3 is 2.70 bits per heavy atom. The van der Waals surface area contributed by atoms with Gasteiger partial charge in [0.15, 0.2) is 0 Å². The van der Waals surface area contributed by atoms with Gasteiger partial charge >= 0.3 is 0 Å². The molecule has 27 heavy (non-hydrogen) atoms. The first-order valence-corrected chi connectivity index (χ1v) is 9.24. The number of carbonyl (C=O) groups excluding carboxylic acids is 1. The third-order valence-electron chi connectivity index (χ3n) is 4.57. The molecule has 3 rings (SSSR count). The van der Waals surface area contributed by atoms with Crippen LogP contribution in [0.4, 0.5) is 0 Å². The number of aryl methyl sites for hydroxylation is 1. The molecule has 0 aliphatic carbocycles. The molecule has 2 heterocycles. The number of furan rings is 1. The number of aromatic nitrogens is 1. The minimum atomic E-state index is -0.0446. The molecule has 0 aliphatic heterocycles. The van der Waals surface area contributed by atoms with Crippen LogP contribution in [0, 0.1) is 13.8 Å². The number of nitrogens with zero attached hydrogens (tertiary/aromatic N) is 1. The summed E-state index contributed by atoms with van der Waals surface area (Å²) in [4.78, 5) is 12.5. The standard InChI is InChI=1S/C22H26N2O3/c1-17-14-21(18(2)24(17)15-20-10-6-13-27-20)22(25)23-11-7-12-26-16-19-8-4-3-5-9-19/h3-6,8-10,13-14H,7,11-12,15-16H2,1-2H3,(H,23,25). The van der Waals surface area contributed by atoms with E-state index < -0.39 is 0 Å². The zero-order valence-electron chi connectivity index (χ0n) is 15.9. The van der Waals surface area contributed by atoms with Gasteiger partial charge in [-0.15, -0.1) is 0 Å². The van der Waals surface area contributed by atoms with Crippen LogP contribution < -0.4 is 5.32 Å². The van der Waals surface area contributed by atoms with Crippen molar-refractivity contribution in [1.29, 1.82) is 0 Å². The normalized spacial score (nSPS) is 10.9. The maximum absolute atomic E-state index is 12.5. The van der Waals surface area contributed by atoms with Gasteiger partial charge in [0.25, 0.3) is 5.91 Å². The zero-order chi connectivity index (χ0) is 19.1. The molecule has 142 valence electrons. The Kier molecular flexibility index (Phi) is 6.49. The van der Waals surface area contributed by atoms with Crippen molar-refractivity contribution in [3.8, 4) is 0 Å². The number of benzene rings is 1. The molecule has 2 aromatic heterocycles. The molecule has 0 atom stereocenters. The summed E-state index contributed by atoms with van der Waals surface area (Å²) in [5, 5.41) is 2.98. The summed E-state index contributed by atoms with van der Waals surface area (Å²) in [5.74, 6) is 0.830. The summed E-state index contributed by atoms with van der Waals surface area (Å²) in [5.41, 5.74) is 3.86. The summed E-state index contributed by atoms with van der Waals surface area (Å²) in [6, 6.07) is 15.8. The van der Waals surface area contributed by atoms with Crippen molar-refractivity contribution in [1.82, 2.24) is 9.88 Å². The van der Waals surface area contributed by atoms with Crippen LogP contribution in [0.15, 0.2) is 59.2 Å². The lowest BCUT2D eigenvalue weighted by atomic mass is 10.2. The molecule has 1 aromatic carbocycles. The summed E-state index contributed by atoms with van der Waals surface area (Å²) in [6.07, 6.45) is 2.45. The molecule has 3 aromatic rings.